The molecule has 0 saturated carbocycles. The van der Waals surface area contributed by atoms with Crippen molar-refractivity contribution in [3.8, 4) is 11.3 Å². The number of rotatable bonds is 6. The molecule has 0 saturated heterocycles. The third-order valence-corrected chi connectivity index (χ3v) is 5.86. The molecule has 0 fully saturated rings. The summed E-state index contributed by atoms with van der Waals surface area (Å²) in [5.74, 6) is 1.17. The fourth-order valence-corrected chi connectivity index (χ4v) is 3.60. The zero-order chi connectivity index (χ0) is 19.4. The number of benzene rings is 2. The fraction of sp³-hybridized carbons (Fsp3) is 0.273. The Kier molecular flexibility index (Phi) is 6.51. The first kappa shape index (κ1) is 19.8. The Balaban J connectivity index is 1.99. The highest BCUT2D eigenvalue weighted by atomic mass is 79.9. The molecule has 2 aromatic carbocycles. The molecule has 0 bridgehead atoms. The Hall–Kier alpha value is -1.91. The first-order chi connectivity index (χ1) is 13.0. The van der Waals surface area contributed by atoms with Gasteiger partial charge in [-0.3, -0.25) is 0 Å². The highest BCUT2D eigenvalue weighted by Crippen LogP contribution is 2.30. The summed E-state index contributed by atoms with van der Waals surface area (Å²) in [5.41, 5.74) is 5.07. The maximum Gasteiger partial charge on any atom is 0.230 e. The van der Waals surface area contributed by atoms with Gasteiger partial charge in [-0.2, -0.15) is 0 Å². The van der Waals surface area contributed by atoms with Crippen LogP contribution in [-0.2, 0) is 0 Å². The molecular formula is C22H23BrClN3. The van der Waals surface area contributed by atoms with Crippen molar-refractivity contribution in [2.24, 2.45) is 0 Å². The zero-order valence-corrected chi connectivity index (χ0v) is 18.1. The maximum absolute atomic E-state index is 6.38. The molecule has 3 rings (SSSR count). The van der Waals surface area contributed by atoms with E-state index in [0.717, 1.165) is 34.5 Å². The summed E-state index contributed by atoms with van der Waals surface area (Å²) >= 11 is 9.93. The van der Waals surface area contributed by atoms with Gasteiger partial charge < -0.3 is 4.90 Å². The van der Waals surface area contributed by atoms with E-state index in [1.807, 2.05) is 37.3 Å². The largest absolute Gasteiger partial charge is 0.311 e. The molecule has 0 spiro atoms. The van der Waals surface area contributed by atoms with Crippen LogP contribution in [0.5, 0.6) is 0 Å². The molecule has 1 unspecified atom stereocenters. The smallest absolute Gasteiger partial charge is 0.230 e. The van der Waals surface area contributed by atoms with Crippen LogP contribution in [0.3, 0.4) is 0 Å². The van der Waals surface area contributed by atoms with E-state index in [2.05, 4.69) is 63.9 Å². The Morgan fingerprint density at radius 3 is 2.41 bits per heavy atom. The molecule has 27 heavy (non-hydrogen) atoms. The van der Waals surface area contributed by atoms with Gasteiger partial charge in [0.25, 0.3) is 0 Å². The minimum absolute atomic E-state index is 0.483. The van der Waals surface area contributed by atoms with Gasteiger partial charge in [0.1, 0.15) is 0 Å². The molecule has 1 heterocycles. The average Bonchev–Trinajstić information content (AvgIpc) is 2.68. The Morgan fingerprint density at radius 2 is 1.78 bits per heavy atom. The third-order valence-electron chi connectivity index (χ3n) is 4.56. The second kappa shape index (κ2) is 8.85. The molecule has 3 nitrogen and oxygen atoms in total. The number of aryl methyl sites for hydroxylation is 1. The van der Waals surface area contributed by atoms with Crippen molar-refractivity contribution >= 4 is 39.2 Å². The molecule has 0 aliphatic rings. The zero-order valence-electron chi connectivity index (χ0n) is 15.8. The monoisotopic (exact) mass is 443 g/mol. The molecule has 0 aliphatic heterocycles. The topological polar surface area (TPSA) is 29.0 Å². The second-order valence-electron chi connectivity index (χ2n) is 6.57. The van der Waals surface area contributed by atoms with Crippen LogP contribution in [0.4, 0.5) is 11.6 Å². The molecule has 1 atom stereocenters. The highest BCUT2D eigenvalue weighted by Gasteiger charge is 2.15. The molecular weight excluding hydrogens is 422 g/mol. The summed E-state index contributed by atoms with van der Waals surface area (Å²) in [7, 11) is 0. The SMILES string of the molecule is CCN(c1ccc(C(C)CBr)cc1)c1nc(C)cc(-c2ccccc2Cl)n1. The predicted octanol–water partition coefficient (Wildman–Crippen LogP) is 6.76. The van der Waals surface area contributed by atoms with Gasteiger partial charge >= 0.3 is 0 Å². The fourth-order valence-electron chi connectivity index (χ4n) is 2.99. The van der Waals surface area contributed by atoms with Crippen LogP contribution >= 0.6 is 27.5 Å². The molecule has 0 radical (unpaired) electrons. The van der Waals surface area contributed by atoms with Gasteiger partial charge in [-0.15, -0.1) is 0 Å². The summed E-state index contributed by atoms with van der Waals surface area (Å²) < 4.78 is 0. The Bertz CT molecular complexity index is 912. The Morgan fingerprint density at radius 1 is 1.07 bits per heavy atom. The van der Waals surface area contributed by atoms with Crippen LogP contribution in [0.1, 0.15) is 31.0 Å². The van der Waals surface area contributed by atoms with Crippen LogP contribution < -0.4 is 4.90 Å². The van der Waals surface area contributed by atoms with Crippen LogP contribution in [0.15, 0.2) is 54.6 Å². The summed E-state index contributed by atoms with van der Waals surface area (Å²) in [5, 5.41) is 1.64. The van der Waals surface area contributed by atoms with Crippen molar-refractivity contribution in [3.05, 3.63) is 70.9 Å². The van der Waals surface area contributed by atoms with Gasteiger partial charge in [-0.05, 0) is 49.6 Å². The van der Waals surface area contributed by atoms with E-state index in [1.54, 1.807) is 0 Å². The maximum atomic E-state index is 6.38. The highest BCUT2D eigenvalue weighted by molar-refractivity contribution is 9.09. The van der Waals surface area contributed by atoms with E-state index >= 15 is 0 Å². The first-order valence-electron chi connectivity index (χ1n) is 9.07. The summed E-state index contributed by atoms with van der Waals surface area (Å²) in [6.07, 6.45) is 0. The van der Waals surface area contributed by atoms with Crippen LogP contribution in [0, 0.1) is 6.92 Å². The second-order valence-corrected chi connectivity index (χ2v) is 7.62. The lowest BCUT2D eigenvalue weighted by atomic mass is 10.0. The van der Waals surface area contributed by atoms with E-state index in [4.69, 9.17) is 16.6 Å². The number of aromatic nitrogens is 2. The number of alkyl halides is 1. The van der Waals surface area contributed by atoms with Crippen LogP contribution in [0.2, 0.25) is 5.02 Å². The number of hydrogen-bond donors (Lipinski definition) is 0. The summed E-state index contributed by atoms with van der Waals surface area (Å²) in [6.45, 7) is 7.08. The lowest BCUT2D eigenvalue weighted by Crippen LogP contribution is -2.19. The molecule has 140 valence electrons. The first-order valence-corrected chi connectivity index (χ1v) is 10.6. The molecule has 0 aliphatic carbocycles. The van der Waals surface area contributed by atoms with Crippen molar-refractivity contribution in [1.29, 1.82) is 0 Å². The molecule has 0 amide bonds. The van der Waals surface area contributed by atoms with Gasteiger partial charge in [-0.1, -0.05) is 64.8 Å². The van der Waals surface area contributed by atoms with Crippen molar-refractivity contribution < 1.29 is 0 Å². The van der Waals surface area contributed by atoms with Crippen molar-refractivity contribution in [2.45, 2.75) is 26.7 Å². The quantitative estimate of drug-likeness (QED) is 0.393. The lowest BCUT2D eigenvalue weighted by Gasteiger charge is -2.22. The van der Waals surface area contributed by atoms with Gasteiger partial charge in [0, 0.05) is 33.8 Å². The normalized spacial score (nSPS) is 12.0. The van der Waals surface area contributed by atoms with Crippen molar-refractivity contribution in [3.63, 3.8) is 0 Å². The van der Waals surface area contributed by atoms with E-state index < -0.39 is 0 Å². The number of hydrogen-bond acceptors (Lipinski definition) is 3. The van der Waals surface area contributed by atoms with Gasteiger partial charge in [-0.25, -0.2) is 9.97 Å². The lowest BCUT2D eigenvalue weighted by molar-refractivity contribution is 0.885. The summed E-state index contributed by atoms with van der Waals surface area (Å²) in [4.78, 5) is 11.6. The van der Waals surface area contributed by atoms with Crippen LogP contribution in [-0.4, -0.2) is 21.8 Å². The molecule has 3 aromatic rings. The predicted molar refractivity (Wildman–Crippen MR) is 119 cm³/mol. The summed E-state index contributed by atoms with van der Waals surface area (Å²) in [6, 6.07) is 18.4. The van der Waals surface area contributed by atoms with Crippen molar-refractivity contribution in [2.75, 3.05) is 16.8 Å². The van der Waals surface area contributed by atoms with Crippen molar-refractivity contribution in [1.82, 2.24) is 9.97 Å². The van der Waals surface area contributed by atoms with E-state index in [9.17, 15) is 0 Å². The standard InChI is InChI=1S/C22H23BrClN3/c1-4-27(18-11-9-17(10-12-18)15(2)14-23)22-25-16(3)13-21(26-22)19-7-5-6-8-20(19)24/h5-13,15H,4,14H2,1-3H3. The Labute approximate surface area is 174 Å². The number of halogens is 2. The van der Waals surface area contributed by atoms with E-state index in [-0.39, 0.29) is 0 Å². The average molecular weight is 445 g/mol. The molecule has 5 heteroatoms. The van der Waals surface area contributed by atoms with Gasteiger partial charge in [0.05, 0.1) is 5.69 Å². The molecule has 0 N–H and O–H groups in total. The van der Waals surface area contributed by atoms with E-state index in [0.29, 0.717) is 16.9 Å². The minimum atomic E-state index is 0.483. The van der Waals surface area contributed by atoms with E-state index in [1.165, 1.54) is 5.56 Å². The van der Waals surface area contributed by atoms with Crippen LogP contribution in [0.25, 0.3) is 11.3 Å². The van der Waals surface area contributed by atoms with Gasteiger partial charge in [0.2, 0.25) is 5.95 Å². The third kappa shape index (κ3) is 4.50. The molecule has 1 aromatic heterocycles. The number of nitrogens with zero attached hydrogens (tertiary/aromatic N) is 3. The number of anilines is 2. The van der Waals surface area contributed by atoms with Gasteiger partial charge in [0.15, 0.2) is 0 Å². The minimum Gasteiger partial charge on any atom is -0.311 e.